The predicted octanol–water partition coefficient (Wildman–Crippen LogP) is 2.76. The van der Waals surface area contributed by atoms with Gasteiger partial charge >= 0.3 is 11.9 Å². The third-order valence-corrected chi connectivity index (χ3v) is 4.36. The summed E-state index contributed by atoms with van der Waals surface area (Å²) in [6, 6.07) is 7.47. The number of ether oxygens (including phenoxy) is 2. The van der Waals surface area contributed by atoms with Gasteiger partial charge in [0.25, 0.3) is 0 Å². The molecule has 0 fully saturated rings. The van der Waals surface area contributed by atoms with Gasteiger partial charge in [-0.25, -0.2) is 0 Å². The SMILES string of the molecule is CC(C)CC(=O)OCCOC(=O)CC(=O)c1cc2c(o1)C(=O)c1ccccc1C2=O. The van der Waals surface area contributed by atoms with Crippen LogP contribution in [-0.4, -0.2) is 42.5 Å². The number of furan rings is 1. The molecule has 2 aromatic rings. The van der Waals surface area contributed by atoms with Gasteiger partial charge in [0.1, 0.15) is 19.6 Å². The molecule has 1 aliphatic carbocycles. The lowest BCUT2D eigenvalue weighted by atomic mass is 9.88. The number of hydrogen-bond acceptors (Lipinski definition) is 8. The number of hydrogen-bond donors (Lipinski definition) is 0. The number of ketones is 3. The summed E-state index contributed by atoms with van der Waals surface area (Å²) in [6.07, 6.45) is -0.376. The monoisotopic (exact) mass is 412 g/mol. The van der Waals surface area contributed by atoms with E-state index < -0.39 is 35.7 Å². The molecule has 0 unspecified atom stereocenters. The van der Waals surface area contributed by atoms with Crippen LogP contribution < -0.4 is 0 Å². The molecule has 0 bridgehead atoms. The number of fused-ring (bicyclic) bond motifs is 2. The van der Waals surface area contributed by atoms with Crippen molar-refractivity contribution in [1.29, 1.82) is 0 Å². The third kappa shape index (κ3) is 4.53. The van der Waals surface area contributed by atoms with Crippen LogP contribution in [0.25, 0.3) is 0 Å². The minimum Gasteiger partial charge on any atom is -0.462 e. The number of Topliss-reactive ketones (excluding diaryl/α,β-unsaturated/α-hetero) is 1. The summed E-state index contributed by atoms with van der Waals surface area (Å²) in [4.78, 5) is 60.6. The highest BCUT2D eigenvalue weighted by atomic mass is 16.6. The standard InChI is InChI=1S/C22H20O8/c1-12(2)9-18(24)28-7-8-29-19(25)11-16(23)17-10-15-20(26)13-5-3-4-6-14(13)21(27)22(15)30-17/h3-6,10,12H,7-9,11H2,1-2H3. The van der Waals surface area contributed by atoms with Crippen molar-refractivity contribution in [2.45, 2.75) is 26.7 Å². The highest BCUT2D eigenvalue weighted by molar-refractivity contribution is 6.28. The lowest BCUT2D eigenvalue weighted by molar-refractivity contribution is -0.152. The van der Waals surface area contributed by atoms with Gasteiger partial charge in [0.2, 0.25) is 11.6 Å². The van der Waals surface area contributed by atoms with Crippen molar-refractivity contribution in [2.24, 2.45) is 5.92 Å². The quantitative estimate of drug-likeness (QED) is 0.240. The van der Waals surface area contributed by atoms with Crippen LogP contribution in [0.2, 0.25) is 0 Å². The Morgan fingerprint density at radius 1 is 0.900 bits per heavy atom. The third-order valence-electron chi connectivity index (χ3n) is 4.36. The average Bonchev–Trinajstić information content (AvgIpc) is 3.15. The van der Waals surface area contributed by atoms with E-state index >= 15 is 0 Å². The molecule has 8 nitrogen and oxygen atoms in total. The molecule has 0 N–H and O–H groups in total. The Balaban J connectivity index is 1.57. The smallest absolute Gasteiger partial charge is 0.313 e. The lowest BCUT2D eigenvalue weighted by Crippen LogP contribution is -2.18. The number of carbonyl (C=O) groups excluding carboxylic acids is 5. The maximum absolute atomic E-state index is 12.6. The van der Waals surface area contributed by atoms with Crippen LogP contribution >= 0.6 is 0 Å². The zero-order chi connectivity index (χ0) is 21.8. The van der Waals surface area contributed by atoms with Gasteiger partial charge in [0, 0.05) is 17.5 Å². The second-order valence-electron chi connectivity index (χ2n) is 7.20. The molecule has 156 valence electrons. The molecule has 1 heterocycles. The van der Waals surface area contributed by atoms with Crippen LogP contribution in [0.1, 0.15) is 69.3 Å². The maximum atomic E-state index is 12.6. The van der Waals surface area contributed by atoms with Crippen molar-refractivity contribution in [3.63, 3.8) is 0 Å². The van der Waals surface area contributed by atoms with E-state index in [1.54, 1.807) is 12.1 Å². The molecular weight excluding hydrogens is 392 g/mol. The molecule has 0 amide bonds. The van der Waals surface area contributed by atoms with Gasteiger partial charge in [0.15, 0.2) is 17.3 Å². The summed E-state index contributed by atoms with van der Waals surface area (Å²) in [7, 11) is 0. The van der Waals surface area contributed by atoms with Crippen molar-refractivity contribution >= 4 is 29.3 Å². The van der Waals surface area contributed by atoms with Crippen LogP contribution in [0.15, 0.2) is 34.7 Å². The van der Waals surface area contributed by atoms with Crippen molar-refractivity contribution in [2.75, 3.05) is 13.2 Å². The minimum atomic E-state index is -0.838. The van der Waals surface area contributed by atoms with Gasteiger partial charge < -0.3 is 13.9 Å². The number of carbonyl (C=O) groups is 5. The summed E-state index contributed by atoms with van der Waals surface area (Å²) in [5.41, 5.74) is 0.434. The van der Waals surface area contributed by atoms with E-state index in [9.17, 15) is 24.0 Å². The Morgan fingerprint density at radius 2 is 1.50 bits per heavy atom. The van der Waals surface area contributed by atoms with Gasteiger partial charge in [-0.05, 0) is 12.0 Å². The molecule has 0 atom stereocenters. The second kappa shape index (κ2) is 8.86. The first-order valence-electron chi connectivity index (χ1n) is 9.44. The van der Waals surface area contributed by atoms with Crippen LogP contribution in [0.4, 0.5) is 0 Å². The van der Waals surface area contributed by atoms with Gasteiger partial charge in [-0.3, -0.25) is 24.0 Å². The molecule has 0 spiro atoms. The van der Waals surface area contributed by atoms with E-state index in [1.807, 2.05) is 13.8 Å². The van der Waals surface area contributed by atoms with Crippen LogP contribution in [0, 0.1) is 5.92 Å². The Morgan fingerprint density at radius 3 is 2.13 bits per heavy atom. The number of esters is 2. The fourth-order valence-corrected chi connectivity index (χ4v) is 2.98. The molecule has 0 saturated carbocycles. The largest absolute Gasteiger partial charge is 0.462 e. The summed E-state index contributed by atoms with van der Waals surface area (Å²) in [5, 5.41) is 0. The van der Waals surface area contributed by atoms with Crippen molar-refractivity contribution in [3.8, 4) is 0 Å². The topological polar surface area (TPSA) is 117 Å². The fraction of sp³-hybridized carbons (Fsp3) is 0.318. The van der Waals surface area contributed by atoms with E-state index in [0.29, 0.717) is 0 Å². The highest BCUT2D eigenvalue weighted by Crippen LogP contribution is 2.30. The average molecular weight is 412 g/mol. The zero-order valence-electron chi connectivity index (χ0n) is 16.6. The van der Waals surface area contributed by atoms with E-state index in [0.717, 1.165) is 0 Å². The molecule has 1 aromatic carbocycles. The van der Waals surface area contributed by atoms with E-state index in [1.165, 1.54) is 18.2 Å². The molecule has 30 heavy (non-hydrogen) atoms. The van der Waals surface area contributed by atoms with Gasteiger partial charge in [-0.15, -0.1) is 0 Å². The molecular formula is C22H20O8. The Hall–Kier alpha value is -3.55. The van der Waals surface area contributed by atoms with Crippen molar-refractivity contribution in [1.82, 2.24) is 0 Å². The predicted molar refractivity (Wildman–Crippen MR) is 102 cm³/mol. The molecule has 0 radical (unpaired) electrons. The van der Waals surface area contributed by atoms with E-state index in [-0.39, 0.29) is 53.8 Å². The van der Waals surface area contributed by atoms with Gasteiger partial charge in [-0.1, -0.05) is 38.1 Å². The van der Waals surface area contributed by atoms with Gasteiger partial charge in [0.05, 0.1) is 5.56 Å². The lowest BCUT2D eigenvalue weighted by Gasteiger charge is -2.11. The van der Waals surface area contributed by atoms with E-state index in [2.05, 4.69) is 0 Å². The maximum Gasteiger partial charge on any atom is 0.313 e. The molecule has 3 rings (SSSR count). The van der Waals surface area contributed by atoms with Gasteiger partial charge in [-0.2, -0.15) is 0 Å². The summed E-state index contributed by atoms with van der Waals surface area (Å²) in [6.45, 7) is 3.46. The first kappa shape index (κ1) is 21.2. The van der Waals surface area contributed by atoms with Crippen molar-refractivity contribution < 1.29 is 37.9 Å². The Kier molecular flexibility index (Phi) is 6.25. The molecule has 1 aliphatic rings. The molecule has 0 saturated heterocycles. The normalized spacial score (nSPS) is 12.4. The Labute approximate surface area is 172 Å². The first-order valence-corrected chi connectivity index (χ1v) is 9.44. The van der Waals surface area contributed by atoms with Crippen molar-refractivity contribution in [3.05, 3.63) is 58.5 Å². The van der Waals surface area contributed by atoms with Crippen LogP contribution in [0.5, 0.6) is 0 Å². The molecule has 0 aliphatic heterocycles. The summed E-state index contributed by atoms with van der Waals surface area (Å²) < 4.78 is 15.1. The summed E-state index contributed by atoms with van der Waals surface area (Å²) >= 11 is 0. The molecule has 1 aromatic heterocycles. The molecule has 8 heteroatoms. The zero-order valence-corrected chi connectivity index (χ0v) is 16.6. The second-order valence-corrected chi connectivity index (χ2v) is 7.20. The highest BCUT2D eigenvalue weighted by Gasteiger charge is 2.34. The first-order chi connectivity index (χ1) is 14.3. The fourth-order valence-electron chi connectivity index (χ4n) is 2.98. The summed E-state index contributed by atoms with van der Waals surface area (Å²) in [5.74, 6) is -3.20. The number of rotatable bonds is 8. The number of benzene rings is 1. The van der Waals surface area contributed by atoms with E-state index in [4.69, 9.17) is 13.9 Å². The Bertz CT molecular complexity index is 975. The van der Waals surface area contributed by atoms with Crippen LogP contribution in [0.3, 0.4) is 0 Å². The van der Waals surface area contributed by atoms with Crippen LogP contribution in [-0.2, 0) is 19.1 Å². The minimum absolute atomic E-state index is 0.00696.